The zero-order valence-corrected chi connectivity index (χ0v) is 22.6. The Bertz CT molecular complexity index is 1460. The number of H-pyrrole nitrogens is 1. The first-order chi connectivity index (χ1) is 17.6. The number of piperidine rings is 1. The predicted molar refractivity (Wildman–Crippen MR) is 146 cm³/mol. The summed E-state index contributed by atoms with van der Waals surface area (Å²) >= 11 is 0. The van der Waals surface area contributed by atoms with E-state index < -0.39 is 16.9 Å². The number of pyridine rings is 2. The molecule has 3 N–H and O–H groups in total. The molecule has 5 heterocycles. The maximum Gasteiger partial charge on any atom is 0.329 e. The molecule has 38 heavy (non-hydrogen) atoms. The molecule has 0 aliphatic carbocycles. The van der Waals surface area contributed by atoms with Crippen LogP contribution in [0.4, 0.5) is 5.82 Å². The number of rotatable bonds is 6. The number of anilines is 1. The number of nitrogens with zero attached hydrogens (tertiary/aromatic N) is 5. The van der Waals surface area contributed by atoms with E-state index in [9.17, 15) is 14.7 Å². The van der Waals surface area contributed by atoms with E-state index in [0.717, 1.165) is 27.8 Å². The minimum absolute atomic E-state index is 0. The van der Waals surface area contributed by atoms with Crippen molar-refractivity contribution in [2.45, 2.75) is 46.1 Å². The van der Waals surface area contributed by atoms with Crippen molar-refractivity contribution in [2.75, 3.05) is 24.6 Å². The fourth-order valence-electron chi connectivity index (χ4n) is 4.65. The van der Waals surface area contributed by atoms with Crippen LogP contribution >= 0.6 is 12.4 Å². The van der Waals surface area contributed by atoms with Crippen LogP contribution in [0.5, 0.6) is 5.75 Å². The number of aromatic amines is 1. The molecule has 0 bridgehead atoms. The Labute approximate surface area is 226 Å². The number of nitrogens with one attached hydrogen (secondary N) is 2. The van der Waals surface area contributed by atoms with Gasteiger partial charge in [-0.3, -0.25) is 9.89 Å². The van der Waals surface area contributed by atoms with E-state index in [0.29, 0.717) is 43.9 Å². The normalized spacial score (nSPS) is 15.3. The van der Waals surface area contributed by atoms with E-state index in [1.165, 1.54) is 0 Å². The first-order valence-electron chi connectivity index (χ1n) is 12.4. The van der Waals surface area contributed by atoms with Gasteiger partial charge in [-0.2, -0.15) is 5.10 Å². The topological polar surface area (TPSA) is 138 Å². The highest BCUT2D eigenvalue weighted by Gasteiger charge is 2.44. The number of carbonyl (C=O) groups is 2. The Hall–Kier alpha value is -3.86. The van der Waals surface area contributed by atoms with Gasteiger partial charge in [-0.1, -0.05) is 20.8 Å². The van der Waals surface area contributed by atoms with Gasteiger partial charge in [-0.15, -0.1) is 17.5 Å². The average molecular weight is 542 g/mol. The second-order valence-corrected chi connectivity index (χ2v) is 10.4. The summed E-state index contributed by atoms with van der Waals surface area (Å²) < 4.78 is 7.55. The zero-order chi connectivity index (χ0) is 26.4. The van der Waals surface area contributed by atoms with Crippen molar-refractivity contribution >= 4 is 46.7 Å². The molecule has 0 spiro atoms. The molecule has 1 saturated heterocycles. The van der Waals surface area contributed by atoms with Crippen molar-refractivity contribution < 1.29 is 19.4 Å². The lowest BCUT2D eigenvalue weighted by Gasteiger charge is -2.41. The van der Waals surface area contributed by atoms with Crippen molar-refractivity contribution in [1.82, 2.24) is 30.1 Å². The molecule has 1 aliphatic heterocycles. The highest BCUT2D eigenvalue weighted by atomic mass is 35.5. The van der Waals surface area contributed by atoms with Gasteiger partial charge in [0.25, 0.3) is 0 Å². The van der Waals surface area contributed by atoms with Crippen LogP contribution in [0, 0.1) is 5.41 Å². The molecule has 4 aromatic heterocycles. The van der Waals surface area contributed by atoms with Crippen LogP contribution in [0.25, 0.3) is 27.7 Å². The standard InChI is InChI=1S/C26H31N7O4.ClH/c1-5-37-17-12-18(21-19-14-28-30-22(19)31-33(21)15-17)16-6-7-20(27-13-16)32-10-8-26(9-11-32,24(35)36)29-23(34)25(2,3)4;/h6-7,12-15H,5,8-11H2,1-4H3,(H,29,34)(H,30,31)(H,35,36);1H. The van der Waals surface area contributed by atoms with Crippen LogP contribution in [0.15, 0.2) is 36.8 Å². The summed E-state index contributed by atoms with van der Waals surface area (Å²) in [6, 6.07) is 5.90. The van der Waals surface area contributed by atoms with Gasteiger partial charge in [-0.05, 0) is 38.0 Å². The van der Waals surface area contributed by atoms with Gasteiger partial charge >= 0.3 is 5.97 Å². The molecule has 5 rings (SSSR count). The van der Waals surface area contributed by atoms with Gasteiger partial charge in [0.15, 0.2) is 5.65 Å². The molecule has 1 aliphatic rings. The van der Waals surface area contributed by atoms with Gasteiger partial charge in [0.2, 0.25) is 5.91 Å². The third-order valence-corrected chi connectivity index (χ3v) is 6.86. The minimum atomic E-state index is -1.27. The van der Waals surface area contributed by atoms with Crippen molar-refractivity contribution in [2.24, 2.45) is 5.41 Å². The van der Waals surface area contributed by atoms with Crippen LogP contribution in [0.3, 0.4) is 0 Å². The van der Waals surface area contributed by atoms with E-state index in [2.05, 4.69) is 20.6 Å². The molecule has 1 amide bonds. The lowest BCUT2D eigenvalue weighted by molar-refractivity contribution is -0.150. The van der Waals surface area contributed by atoms with Gasteiger partial charge < -0.3 is 20.1 Å². The number of hydrogen-bond acceptors (Lipinski definition) is 7. The summed E-state index contributed by atoms with van der Waals surface area (Å²) in [6.45, 7) is 8.72. The van der Waals surface area contributed by atoms with Crippen molar-refractivity contribution in [3.63, 3.8) is 0 Å². The van der Waals surface area contributed by atoms with Gasteiger partial charge in [0, 0.05) is 35.8 Å². The van der Waals surface area contributed by atoms with E-state index in [4.69, 9.17) is 9.72 Å². The molecule has 1 fully saturated rings. The second kappa shape index (κ2) is 10.1. The third kappa shape index (κ3) is 4.85. The Kier molecular flexibility index (Phi) is 7.24. The van der Waals surface area contributed by atoms with Crippen LogP contribution in [-0.4, -0.2) is 67.0 Å². The van der Waals surface area contributed by atoms with Gasteiger partial charge in [-0.25, -0.2) is 14.3 Å². The largest absolute Gasteiger partial charge is 0.492 e. The maximum absolute atomic E-state index is 12.5. The maximum atomic E-state index is 12.5. The molecule has 0 aromatic carbocycles. The molecule has 12 heteroatoms. The number of aromatic nitrogens is 5. The predicted octanol–water partition coefficient (Wildman–Crippen LogP) is 3.68. The minimum Gasteiger partial charge on any atom is -0.492 e. The smallest absolute Gasteiger partial charge is 0.329 e. The lowest BCUT2D eigenvalue weighted by atomic mass is 9.85. The number of hydrogen-bond donors (Lipinski definition) is 3. The van der Waals surface area contributed by atoms with Gasteiger partial charge in [0.1, 0.15) is 17.1 Å². The Morgan fingerprint density at radius 1 is 1.21 bits per heavy atom. The molecule has 202 valence electrons. The van der Waals surface area contributed by atoms with E-state index in [1.54, 1.807) is 37.7 Å². The van der Waals surface area contributed by atoms with Crippen LogP contribution in [0.1, 0.15) is 40.5 Å². The summed E-state index contributed by atoms with van der Waals surface area (Å²) in [7, 11) is 0. The Balaban J connectivity index is 0.00000336. The quantitative estimate of drug-likeness (QED) is 0.336. The fourth-order valence-corrected chi connectivity index (χ4v) is 4.65. The third-order valence-electron chi connectivity index (χ3n) is 6.86. The number of aliphatic carboxylic acids is 1. The molecular formula is C26H32ClN7O4. The molecule has 4 aromatic rings. The van der Waals surface area contributed by atoms with Crippen LogP contribution in [-0.2, 0) is 9.59 Å². The number of fused-ring (bicyclic) bond motifs is 3. The molecule has 11 nitrogen and oxygen atoms in total. The van der Waals surface area contributed by atoms with Crippen molar-refractivity contribution in [3.8, 4) is 16.9 Å². The SMILES string of the molecule is CCOc1cc(-c2ccc(N3CCC(NC(=O)C(C)(C)C)(C(=O)O)CC3)nc2)c2c3cn[nH]c3nn2c1.Cl. The lowest BCUT2D eigenvalue weighted by Crippen LogP contribution is -2.61. The average Bonchev–Trinajstić information content (AvgIpc) is 3.45. The number of carboxylic acid groups (broad SMARTS) is 1. The number of halogens is 1. The summed E-state index contributed by atoms with van der Waals surface area (Å²) in [5.74, 6) is 0.185. The first kappa shape index (κ1) is 27.2. The van der Waals surface area contributed by atoms with Crippen LogP contribution in [0.2, 0.25) is 0 Å². The Morgan fingerprint density at radius 2 is 1.95 bits per heavy atom. The number of carbonyl (C=O) groups excluding carboxylic acids is 1. The molecule has 0 unspecified atom stereocenters. The monoisotopic (exact) mass is 541 g/mol. The number of carboxylic acids is 1. The Morgan fingerprint density at radius 3 is 2.55 bits per heavy atom. The van der Waals surface area contributed by atoms with E-state index in [1.807, 2.05) is 36.2 Å². The first-order valence-corrected chi connectivity index (χ1v) is 12.4. The highest BCUT2D eigenvalue weighted by molar-refractivity contribution is 6.01. The fraction of sp³-hybridized carbons (Fsp3) is 0.423. The second-order valence-electron chi connectivity index (χ2n) is 10.4. The molecule has 0 saturated carbocycles. The van der Waals surface area contributed by atoms with Crippen molar-refractivity contribution in [1.29, 1.82) is 0 Å². The van der Waals surface area contributed by atoms with E-state index >= 15 is 0 Å². The van der Waals surface area contributed by atoms with Crippen LogP contribution < -0.4 is 15.0 Å². The summed E-state index contributed by atoms with van der Waals surface area (Å²) in [5, 5.41) is 25.2. The number of ether oxygens (including phenoxy) is 1. The number of amides is 1. The molecule has 0 atom stereocenters. The highest BCUT2D eigenvalue weighted by Crippen LogP contribution is 2.34. The molecular weight excluding hydrogens is 510 g/mol. The summed E-state index contributed by atoms with van der Waals surface area (Å²) in [4.78, 5) is 31.4. The summed E-state index contributed by atoms with van der Waals surface area (Å²) in [5.41, 5.74) is 1.47. The van der Waals surface area contributed by atoms with Crippen molar-refractivity contribution in [3.05, 3.63) is 36.8 Å². The van der Waals surface area contributed by atoms with Gasteiger partial charge in [0.05, 0.1) is 29.9 Å². The zero-order valence-electron chi connectivity index (χ0n) is 21.8. The van der Waals surface area contributed by atoms with E-state index in [-0.39, 0.29) is 18.3 Å². The molecule has 0 radical (unpaired) electrons. The summed E-state index contributed by atoms with van der Waals surface area (Å²) in [6.07, 6.45) is 5.99.